The molecule has 1 aromatic carbocycles. The van der Waals surface area contributed by atoms with Gasteiger partial charge in [-0.3, -0.25) is 0 Å². The van der Waals surface area contributed by atoms with E-state index in [9.17, 15) is 4.79 Å². The van der Waals surface area contributed by atoms with Gasteiger partial charge in [-0.05, 0) is 25.1 Å². The molecule has 0 aliphatic heterocycles. The van der Waals surface area contributed by atoms with Crippen molar-refractivity contribution in [1.82, 2.24) is 0 Å². The van der Waals surface area contributed by atoms with Crippen molar-refractivity contribution < 1.29 is 14.3 Å². The second kappa shape index (κ2) is 8.53. The molecule has 3 nitrogen and oxygen atoms in total. The van der Waals surface area contributed by atoms with Gasteiger partial charge in [0.15, 0.2) is 0 Å². The molecule has 96 valence electrons. The number of hydrogen-bond donors (Lipinski definition) is 0. The van der Waals surface area contributed by atoms with Crippen LogP contribution in [0.4, 0.5) is 0 Å². The first kappa shape index (κ1) is 14.5. The number of carbonyl (C=O) groups is 1. The largest absolute Gasteiger partial charge is 0.490 e. The predicted molar refractivity (Wildman–Crippen MR) is 74.6 cm³/mol. The van der Waals surface area contributed by atoms with Gasteiger partial charge in [0.25, 0.3) is 0 Å². The third kappa shape index (κ3) is 6.25. The van der Waals surface area contributed by atoms with E-state index in [1.165, 1.54) is 6.08 Å². The fourth-order valence-electron chi connectivity index (χ4n) is 1.15. The molecule has 0 atom stereocenters. The number of ether oxygens (including phenoxy) is 2. The van der Waals surface area contributed by atoms with Crippen LogP contribution in [0.25, 0.3) is 0 Å². The fraction of sp³-hybridized carbons (Fsp3) is 0.214. The molecule has 0 radical (unpaired) electrons. The summed E-state index contributed by atoms with van der Waals surface area (Å²) in [5, 5.41) is 0. The molecular formula is C14H15BrO3. The average Bonchev–Trinajstić information content (AvgIpc) is 2.35. The smallest absolute Gasteiger partial charge is 0.330 e. The summed E-state index contributed by atoms with van der Waals surface area (Å²) in [6.07, 6.45) is 6.61. The summed E-state index contributed by atoms with van der Waals surface area (Å²) in [5.74, 6) is 0.371. The molecular weight excluding hydrogens is 296 g/mol. The first-order chi connectivity index (χ1) is 8.72. The molecule has 0 spiro atoms. The van der Waals surface area contributed by atoms with E-state index in [2.05, 4.69) is 15.9 Å². The molecule has 0 unspecified atom stereocenters. The Morgan fingerprint density at radius 1 is 1.33 bits per heavy atom. The standard InChI is InChI=1S/C14H15BrO3/c1-2-3-4-8-14(16)18-10-9-17-13-7-5-6-12(15)11-13/h2-8,11H,9-10H2,1H3/b3-2+,8-4+. The number of allylic oxidation sites excluding steroid dienone is 3. The average molecular weight is 311 g/mol. The quantitative estimate of drug-likeness (QED) is 0.349. The lowest BCUT2D eigenvalue weighted by Crippen LogP contribution is -2.10. The van der Waals surface area contributed by atoms with Crippen LogP contribution in [0, 0.1) is 0 Å². The summed E-state index contributed by atoms with van der Waals surface area (Å²) in [6, 6.07) is 7.50. The van der Waals surface area contributed by atoms with Gasteiger partial charge in [-0.15, -0.1) is 0 Å². The highest BCUT2D eigenvalue weighted by molar-refractivity contribution is 9.10. The van der Waals surface area contributed by atoms with Crippen molar-refractivity contribution in [1.29, 1.82) is 0 Å². The molecule has 0 aliphatic carbocycles. The normalized spacial score (nSPS) is 11.0. The van der Waals surface area contributed by atoms with E-state index in [0.29, 0.717) is 6.61 Å². The number of benzene rings is 1. The maximum Gasteiger partial charge on any atom is 0.330 e. The molecule has 4 heteroatoms. The minimum Gasteiger partial charge on any atom is -0.490 e. The van der Waals surface area contributed by atoms with E-state index in [4.69, 9.17) is 9.47 Å². The predicted octanol–water partition coefficient (Wildman–Crippen LogP) is 3.50. The minimum absolute atomic E-state index is 0.228. The summed E-state index contributed by atoms with van der Waals surface area (Å²) >= 11 is 3.35. The highest BCUT2D eigenvalue weighted by Crippen LogP contribution is 2.17. The Labute approximate surface area is 115 Å². The van der Waals surface area contributed by atoms with Gasteiger partial charge < -0.3 is 9.47 Å². The molecule has 0 aromatic heterocycles. The van der Waals surface area contributed by atoms with Crippen molar-refractivity contribution in [2.24, 2.45) is 0 Å². The Bertz CT molecular complexity index is 438. The van der Waals surface area contributed by atoms with E-state index in [1.807, 2.05) is 37.3 Å². The van der Waals surface area contributed by atoms with Crippen molar-refractivity contribution in [3.63, 3.8) is 0 Å². The van der Waals surface area contributed by atoms with E-state index >= 15 is 0 Å². The Balaban J connectivity index is 2.21. The maximum atomic E-state index is 11.2. The van der Waals surface area contributed by atoms with Crippen molar-refractivity contribution in [3.8, 4) is 5.75 Å². The Hall–Kier alpha value is -1.55. The van der Waals surface area contributed by atoms with E-state index in [-0.39, 0.29) is 12.6 Å². The SMILES string of the molecule is C/C=C/C=C/C(=O)OCCOc1cccc(Br)c1. The number of halogens is 1. The summed E-state index contributed by atoms with van der Waals surface area (Å²) in [4.78, 5) is 11.2. The highest BCUT2D eigenvalue weighted by Gasteiger charge is 1.97. The third-order valence-electron chi connectivity index (χ3n) is 1.93. The summed E-state index contributed by atoms with van der Waals surface area (Å²) in [7, 11) is 0. The van der Waals surface area contributed by atoms with Gasteiger partial charge in [-0.25, -0.2) is 4.79 Å². The van der Waals surface area contributed by atoms with Crippen molar-refractivity contribution in [2.45, 2.75) is 6.92 Å². The number of rotatable bonds is 6. The zero-order valence-electron chi connectivity index (χ0n) is 10.1. The molecule has 0 N–H and O–H groups in total. The molecule has 18 heavy (non-hydrogen) atoms. The highest BCUT2D eigenvalue weighted by atomic mass is 79.9. The maximum absolute atomic E-state index is 11.2. The number of carbonyl (C=O) groups excluding carboxylic acids is 1. The lowest BCUT2D eigenvalue weighted by atomic mass is 10.3. The molecule has 0 fully saturated rings. The van der Waals surface area contributed by atoms with E-state index < -0.39 is 0 Å². The van der Waals surface area contributed by atoms with E-state index in [1.54, 1.807) is 12.2 Å². The lowest BCUT2D eigenvalue weighted by Gasteiger charge is -2.06. The Morgan fingerprint density at radius 3 is 2.89 bits per heavy atom. The fourth-order valence-corrected chi connectivity index (χ4v) is 1.53. The monoisotopic (exact) mass is 310 g/mol. The van der Waals surface area contributed by atoms with Crippen molar-refractivity contribution in [3.05, 3.63) is 53.0 Å². The van der Waals surface area contributed by atoms with Crippen LogP contribution in [0.3, 0.4) is 0 Å². The molecule has 0 amide bonds. The van der Waals surface area contributed by atoms with Gasteiger partial charge in [-0.1, -0.05) is 40.2 Å². The molecule has 0 bridgehead atoms. The summed E-state index contributed by atoms with van der Waals surface area (Å²) in [6.45, 7) is 2.44. The lowest BCUT2D eigenvalue weighted by molar-refractivity contribution is -0.138. The molecule has 0 saturated carbocycles. The van der Waals surface area contributed by atoms with Gasteiger partial charge in [0.2, 0.25) is 0 Å². The van der Waals surface area contributed by atoms with Crippen molar-refractivity contribution in [2.75, 3.05) is 13.2 Å². The van der Waals surface area contributed by atoms with Crippen molar-refractivity contribution >= 4 is 21.9 Å². The first-order valence-corrected chi connectivity index (χ1v) is 6.36. The molecule has 0 saturated heterocycles. The molecule has 1 aromatic rings. The topological polar surface area (TPSA) is 35.5 Å². The Kier molecular flexibility index (Phi) is 6.87. The van der Waals surface area contributed by atoms with E-state index in [0.717, 1.165) is 10.2 Å². The van der Waals surface area contributed by atoms with Gasteiger partial charge in [-0.2, -0.15) is 0 Å². The van der Waals surface area contributed by atoms with Gasteiger partial charge in [0, 0.05) is 10.5 Å². The summed E-state index contributed by atoms with van der Waals surface area (Å²) < 4.78 is 11.3. The second-order valence-corrected chi connectivity index (χ2v) is 4.27. The molecule has 1 rings (SSSR count). The second-order valence-electron chi connectivity index (χ2n) is 3.36. The first-order valence-electron chi connectivity index (χ1n) is 5.57. The molecule has 0 aliphatic rings. The van der Waals surface area contributed by atoms with Crippen LogP contribution in [0.1, 0.15) is 6.92 Å². The van der Waals surface area contributed by atoms with Crippen LogP contribution >= 0.6 is 15.9 Å². The van der Waals surface area contributed by atoms with Crippen LogP contribution in [0.15, 0.2) is 53.0 Å². The van der Waals surface area contributed by atoms with Gasteiger partial charge in [0.1, 0.15) is 19.0 Å². The zero-order chi connectivity index (χ0) is 13.2. The number of esters is 1. The summed E-state index contributed by atoms with van der Waals surface area (Å²) in [5.41, 5.74) is 0. The minimum atomic E-state index is -0.369. The third-order valence-corrected chi connectivity index (χ3v) is 2.42. The van der Waals surface area contributed by atoms with Crippen LogP contribution in [0.2, 0.25) is 0 Å². The Morgan fingerprint density at radius 2 is 2.17 bits per heavy atom. The number of hydrogen-bond acceptors (Lipinski definition) is 3. The van der Waals surface area contributed by atoms with Crippen LogP contribution < -0.4 is 4.74 Å². The van der Waals surface area contributed by atoms with Crippen LogP contribution in [-0.4, -0.2) is 19.2 Å². The van der Waals surface area contributed by atoms with Crippen LogP contribution in [0.5, 0.6) is 5.75 Å². The van der Waals surface area contributed by atoms with Gasteiger partial charge >= 0.3 is 5.97 Å². The van der Waals surface area contributed by atoms with Gasteiger partial charge in [0.05, 0.1) is 0 Å². The molecule has 0 heterocycles. The zero-order valence-corrected chi connectivity index (χ0v) is 11.7. The van der Waals surface area contributed by atoms with Crippen LogP contribution in [-0.2, 0) is 9.53 Å².